The summed E-state index contributed by atoms with van der Waals surface area (Å²) in [7, 11) is -0.364. The van der Waals surface area contributed by atoms with E-state index in [1.54, 1.807) is 25.3 Å². The largest absolute Gasteiger partial charge is 0.427 e. The predicted octanol–water partition coefficient (Wildman–Crippen LogP) is 3.97. The number of alkyl halides is 3. The fourth-order valence-corrected chi connectivity index (χ4v) is 5.16. The summed E-state index contributed by atoms with van der Waals surface area (Å²) >= 11 is 0.379. The summed E-state index contributed by atoms with van der Waals surface area (Å²) in [6, 6.07) is 1.80. The zero-order valence-corrected chi connectivity index (χ0v) is 17.8. The molecule has 3 rings (SSSR count). The number of anilines is 1. The van der Waals surface area contributed by atoms with E-state index >= 15 is 0 Å². The Kier molecular flexibility index (Phi) is 6.57. The van der Waals surface area contributed by atoms with Gasteiger partial charge in [-0.1, -0.05) is 17.4 Å². The van der Waals surface area contributed by atoms with Gasteiger partial charge in [-0.05, 0) is 38.0 Å². The molecule has 1 aliphatic heterocycles. The van der Waals surface area contributed by atoms with Crippen LogP contribution in [0.4, 0.5) is 19.0 Å². The van der Waals surface area contributed by atoms with Crippen LogP contribution < -0.4 is 9.70 Å². The normalized spacial score (nSPS) is 19.4. The minimum atomic E-state index is -4.49. The van der Waals surface area contributed by atoms with Gasteiger partial charge in [-0.15, -0.1) is 10.7 Å². The molecule has 11 heteroatoms. The molecule has 2 atom stereocenters. The Bertz CT molecular complexity index is 978. The van der Waals surface area contributed by atoms with E-state index in [2.05, 4.69) is 14.9 Å². The van der Waals surface area contributed by atoms with Gasteiger partial charge in [0.1, 0.15) is 10.7 Å². The minimum Gasteiger partial charge on any atom is -0.356 e. The van der Waals surface area contributed by atoms with Crippen molar-refractivity contribution in [2.45, 2.75) is 25.9 Å². The maximum Gasteiger partial charge on any atom is 0.427 e. The van der Waals surface area contributed by atoms with Crippen molar-refractivity contribution in [2.75, 3.05) is 30.0 Å². The highest BCUT2D eigenvalue weighted by Gasteiger charge is 2.34. The molecule has 0 spiro atoms. The van der Waals surface area contributed by atoms with Crippen molar-refractivity contribution in [2.24, 2.45) is 5.92 Å². The molecule has 0 radical (unpaired) electrons. The highest BCUT2D eigenvalue weighted by atomic mass is 32.2. The van der Waals surface area contributed by atoms with Gasteiger partial charge in [-0.3, -0.25) is 14.8 Å². The van der Waals surface area contributed by atoms with E-state index in [9.17, 15) is 13.2 Å². The van der Waals surface area contributed by atoms with Crippen molar-refractivity contribution in [1.29, 1.82) is 10.2 Å². The number of aromatic nitrogens is 3. The molecule has 2 N–H and O–H groups in total. The quantitative estimate of drug-likeness (QED) is 0.732. The lowest BCUT2D eigenvalue weighted by Gasteiger charge is -2.33. The molecule has 0 bridgehead atoms. The monoisotopic (exact) mass is 444 g/mol. The van der Waals surface area contributed by atoms with Gasteiger partial charge in [0.2, 0.25) is 0 Å². The molecule has 1 aliphatic rings. The maximum atomic E-state index is 13.0. The molecule has 0 aliphatic carbocycles. The second-order valence-corrected chi connectivity index (χ2v) is 9.58. The Morgan fingerprint density at radius 2 is 2.21 bits per heavy atom. The highest BCUT2D eigenvalue weighted by Crippen LogP contribution is 2.32. The van der Waals surface area contributed by atoms with Crippen molar-refractivity contribution in [1.82, 2.24) is 14.5 Å². The van der Waals surface area contributed by atoms with Crippen molar-refractivity contribution in [3.05, 3.63) is 40.0 Å². The van der Waals surface area contributed by atoms with Crippen LogP contribution in [0.15, 0.2) is 24.5 Å². The van der Waals surface area contributed by atoms with Crippen LogP contribution in [-0.2, 0) is 16.9 Å². The fraction of sp³-hybridized carbons (Fsp3) is 0.500. The molecular weight excluding hydrogens is 421 g/mol. The Hall–Kier alpha value is -2.01. The average molecular weight is 445 g/mol. The smallest absolute Gasteiger partial charge is 0.356 e. The Morgan fingerprint density at radius 3 is 2.83 bits per heavy atom. The molecule has 2 unspecified atom stereocenters. The average Bonchev–Trinajstić information content (AvgIpc) is 3.04. The first-order valence-electron chi connectivity index (χ1n) is 9.12. The van der Waals surface area contributed by atoms with Gasteiger partial charge in [0.15, 0.2) is 10.6 Å². The molecule has 1 saturated heterocycles. The number of rotatable bonds is 5. The van der Waals surface area contributed by atoms with E-state index in [1.165, 1.54) is 4.57 Å². The van der Waals surface area contributed by atoms with Crippen LogP contribution in [0, 0.1) is 16.1 Å². The molecule has 29 heavy (non-hydrogen) atoms. The third kappa shape index (κ3) is 5.13. The second-order valence-electron chi connectivity index (χ2n) is 6.94. The number of piperidine rings is 1. The maximum absolute atomic E-state index is 13.0. The van der Waals surface area contributed by atoms with Crippen LogP contribution in [0.25, 0.3) is 5.70 Å². The van der Waals surface area contributed by atoms with Crippen molar-refractivity contribution >= 4 is 33.5 Å². The van der Waals surface area contributed by atoms with Gasteiger partial charge >= 0.3 is 6.18 Å². The predicted molar refractivity (Wildman–Crippen MR) is 110 cm³/mol. The molecule has 2 aromatic rings. The summed E-state index contributed by atoms with van der Waals surface area (Å²) in [5.74, 6) is 2.31. The Labute approximate surface area is 173 Å². The SMILES string of the molecule is C/C=C(/c1nccc(N2CCCC(CS(C)=N)C2)n1)n1cc(C(F)(F)F)sc1=N. The number of thiazole rings is 1. The van der Waals surface area contributed by atoms with Gasteiger partial charge in [0.05, 0.1) is 5.70 Å². The number of allylic oxidation sites excluding steroid dienone is 1. The molecule has 0 aromatic carbocycles. The Morgan fingerprint density at radius 1 is 1.45 bits per heavy atom. The molecule has 3 heterocycles. The lowest BCUT2D eigenvalue weighted by atomic mass is 10.0. The van der Waals surface area contributed by atoms with Gasteiger partial charge < -0.3 is 4.90 Å². The van der Waals surface area contributed by atoms with Crippen LogP contribution in [0.3, 0.4) is 0 Å². The zero-order valence-electron chi connectivity index (χ0n) is 16.2. The highest BCUT2D eigenvalue weighted by molar-refractivity contribution is 7.85. The van der Waals surface area contributed by atoms with Crippen molar-refractivity contribution < 1.29 is 13.2 Å². The van der Waals surface area contributed by atoms with Crippen molar-refractivity contribution in [3.63, 3.8) is 0 Å². The topological polar surface area (TPSA) is 81.7 Å². The third-order valence-electron chi connectivity index (χ3n) is 4.68. The number of nitrogens with zero attached hydrogens (tertiary/aromatic N) is 4. The summed E-state index contributed by atoms with van der Waals surface area (Å²) in [6.45, 7) is 3.35. The number of nitrogens with one attached hydrogen (secondary N) is 2. The van der Waals surface area contributed by atoms with Gasteiger partial charge in [0.25, 0.3) is 0 Å². The van der Waals surface area contributed by atoms with Crippen LogP contribution >= 0.6 is 11.3 Å². The van der Waals surface area contributed by atoms with Crippen LogP contribution in [0.5, 0.6) is 0 Å². The van der Waals surface area contributed by atoms with E-state index in [1.807, 2.05) is 6.26 Å². The molecule has 6 nitrogen and oxygen atoms in total. The summed E-state index contributed by atoms with van der Waals surface area (Å²) in [5.41, 5.74) is 0.346. The summed E-state index contributed by atoms with van der Waals surface area (Å²) in [6.07, 6.45) is 3.68. The first-order valence-corrected chi connectivity index (χ1v) is 11.7. The van der Waals surface area contributed by atoms with Gasteiger partial charge in [-0.25, -0.2) is 9.97 Å². The summed E-state index contributed by atoms with van der Waals surface area (Å²) < 4.78 is 48.1. The van der Waals surface area contributed by atoms with Gasteiger partial charge in [-0.2, -0.15) is 13.2 Å². The van der Waals surface area contributed by atoms with Gasteiger partial charge in [0, 0.05) is 31.2 Å². The first-order chi connectivity index (χ1) is 13.7. The number of halogens is 3. The first kappa shape index (κ1) is 21.7. The minimum absolute atomic E-state index is 0.233. The molecule has 0 saturated carbocycles. The van der Waals surface area contributed by atoms with Crippen LogP contribution in [0.1, 0.15) is 30.5 Å². The van der Waals surface area contributed by atoms with Crippen molar-refractivity contribution in [3.8, 4) is 0 Å². The zero-order chi connectivity index (χ0) is 21.2. The lowest BCUT2D eigenvalue weighted by Crippen LogP contribution is -2.38. The Balaban J connectivity index is 1.89. The molecular formula is C18H23F3N6S2. The van der Waals surface area contributed by atoms with Crippen LogP contribution in [0.2, 0.25) is 0 Å². The van der Waals surface area contributed by atoms with Crippen LogP contribution in [-0.4, -0.2) is 39.6 Å². The molecule has 158 valence electrons. The molecule has 0 amide bonds. The van der Waals surface area contributed by atoms with E-state index in [0.717, 1.165) is 43.7 Å². The lowest BCUT2D eigenvalue weighted by molar-refractivity contribution is -0.134. The standard InChI is InChI=1S/C18H23F3N6S2/c1-3-13(27-10-14(18(19,20)21)28-17(27)22)16-24-7-6-15(25-16)26-8-4-5-12(9-26)11-29(2)23/h3,6-7,10,12,22-23H,4-5,8-9,11H2,1-2H3/b13-3-,22-17?. The summed E-state index contributed by atoms with van der Waals surface area (Å²) in [5, 5.41) is 7.95. The van der Waals surface area contributed by atoms with E-state index in [4.69, 9.17) is 10.2 Å². The molecule has 2 aromatic heterocycles. The van der Waals surface area contributed by atoms with E-state index in [-0.39, 0.29) is 21.3 Å². The fourth-order valence-electron chi connectivity index (χ4n) is 3.45. The molecule has 1 fully saturated rings. The summed E-state index contributed by atoms with van der Waals surface area (Å²) in [4.78, 5) is 9.93. The number of hydrogen-bond acceptors (Lipinski definition) is 6. The van der Waals surface area contributed by atoms with E-state index in [0.29, 0.717) is 23.0 Å². The van der Waals surface area contributed by atoms with E-state index < -0.39 is 11.1 Å². The second kappa shape index (κ2) is 8.78. The third-order valence-corrected chi connectivity index (χ3v) is 6.60. The number of hydrogen-bond donors (Lipinski definition) is 2.